The summed E-state index contributed by atoms with van der Waals surface area (Å²) in [5, 5.41) is 0. The molecule has 3 atom stereocenters. The lowest BCUT2D eigenvalue weighted by atomic mass is 9.64. The van der Waals surface area contributed by atoms with Crippen LogP contribution in [-0.2, 0) is 15.9 Å². The summed E-state index contributed by atoms with van der Waals surface area (Å²) < 4.78 is 20.1. The Morgan fingerprint density at radius 3 is 2.33 bits per heavy atom. The van der Waals surface area contributed by atoms with Crippen LogP contribution in [0.2, 0.25) is 0 Å². The van der Waals surface area contributed by atoms with Gasteiger partial charge in [0.15, 0.2) is 11.1 Å². The second-order valence-electron chi connectivity index (χ2n) is 5.15. The zero-order valence-corrected chi connectivity index (χ0v) is 10.7. The molecule has 88 valence electrons. The monoisotopic (exact) mass is 232 g/mol. The molecular weight excluding hydrogens is 212 g/mol. The Kier molecular flexibility index (Phi) is 3.41. The van der Waals surface area contributed by atoms with Gasteiger partial charge in [0.05, 0.1) is 5.75 Å². The molecule has 0 aromatic carbocycles. The summed E-state index contributed by atoms with van der Waals surface area (Å²) in [7, 11) is 0. The molecule has 15 heavy (non-hydrogen) atoms. The molecule has 0 bridgehead atoms. The van der Waals surface area contributed by atoms with Crippen molar-refractivity contribution in [1.29, 1.82) is 0 Å². The molecule has 0 aliphatic heterocycles. The van der Waals surface area contributed by atoms with Crippen LogP contribution in [0.15, 0.2) is 0 Å². The summed E-state index contributed by atoms with van der Waals surface area (Å²) in [5.74, 6) is 0.526. The maximum atomic E-state index is 12.0. The van der Waals surface area contributed by atoms with Gasteiger partial charge in [-0.2, -0.15) is 0 Å². The van der Waals surface area contributed by atoms with E-state index >= 15 is 0 Å². The van der Waals surface area contributed by atoms with Gasteiger partial charge in [0.2, 0.25) is 0 Å². The van der Waals surface area contributed by atoms with Gasteiger partial charge in [0.1, 0.15) is 5.78 Å². The highest BCUT2D eigenvalue weighted by Gasteiger charge is 2.57. The van der Waals surface area contributed by atoms with E-state index in [0.717, 1.165) is 0 Å². The zero-order chi connectivity index (χ0) is 11.9. The number of rotatable bonds is 3. The van der Waals surface area contributed by atoms with Gasteiger partial charge in [0, 0.05) is 11.8 Å². The van der Waals surface area contributed by atoms with Gasteiger partial charge in [-0.3, -0.25) is 4.79 Å². The first-order valence-electron chi connectivity index (χ1n) is 5.38. The maximum absolute atomic E-state index is 12.0. The molecule has 3 unspecified atom stereocenters. The van der Waals surface area contributed by atoms with Gasteiger partial charge in [-0.15, -0.1) is 0 Å². The van der Waals surface area contributed by atoms with E-state index in [4.69, 9.17) is 4.55 Å². The fraction of sp³-hybridized carbons (Fsp3) is 0.909. The molecule has 0 radical (unpaired) electrons. The van der Waals surface area contributed by atoms with Crippen molar-refractivity contribution >= 4 is 16.9 Å². The van der Waals surface area contributed by atoms with Gasteiger partial charge in [-0.05, 0) is 17.8 Å². The summed E-state index contributed by atoms with van der Waals surface area (Å²) in [6, 6.07) is 0. The Morgan fingerprint density at radius 2 is 2.07 bits per heavy atom. The van der Waals surface area contributed by atoms with Crippen LogP contribution in [0.1, 0.15) is 40.5 Å². The molecule has 0 amide bonds. The van der Waals surface area contributed by atoms with Crippen molar-refractivity contribution in [3.63, 3.8) is 0 Å². The van der Waals surface area contributed by atoms with Crippen molar-refractivity contribution in [3.8, 4) is 0 Å². The summed E-state index contributed by atoms with van der Waals surface area (Å²) in [5.41, 5.74) is -0.788. The Balaban J connectivity index is 3.15. The number of hydrogen-bond acceptors (Lipinski definition) is 2. The van der Waals surface area contributed by atoms with E-state index in [9.17, 15) is 9.00 Å². The quantitative estimate of drug-likeness (QED) is 0.759. The van der Waals surface area contributed by atoms with E-state index in [-0.39, 0.29) is 22.9 Å². The minimum Gasteiger partial charge on any atom is -0.306 e. The van der Waals surface area contributed by atoms with Crippen LogP contribution < -0.4 is 0 Å². The summed E-state index contributed by atoms with van der Waals surface area (Å²) in [6.07, 6.45) is 1.19. The van der Waals surface area contributed by atoms with Crippen LogP contribution in [0.5, 0.6) is 0 Å². The molecule has 0 heterocycles. The van der Waals surface area contributed by atoms with Gasteiger partial charge in [-0.25, -0.2) is 4.21 Å². The molecule has 3 nitrogen and oxygen atoms in total. The molecule has 1 aliphatic rings. The average molecular weight is 232 g/mol. The van der Waals surface area contributed by atoms with Gasteiger partial charge in [0.25, 0.3) is 0 Å². The number of ketones is 1. The third-order valence-electron chi connectivity index (χ3n) is 4.46. The Hall–Kier alpha value is -0.220. The second kappa shape index (κ2) is 3.98. The predicted octanol–water partition coefficient (Wildman–Crippen LogP) is 2.24. The number of carbonyl (C=O) groups is 1. The molecular formula is C11H20O3S. The van der Waals surface area contributed by atoms with Crippen molar-refractivity contribution in [1.82, 2.24) is 0 Å². The van der Waals surface area contributed by atoms with Crippen molar-refractivity contribution < 1.29 is 13.6 Å². The number of Topliss-reactive ketones (excluding diaryl/α,β-unsaturated/α-hetero) is 1. The summed E-state index contributed by atoms with van der Waals surface area (Å²) in [6.45, 7) is 8.07. The predicted molar refractivity (Wildman–Crippen MR) is 60.9 cm³/mol. The first-order chi connectivity index (χ1) is 6.78. The van der Waals surface area contributed by atoms with Gasteiger partial charge in [-0.1, -0.05) is 27.7 Å². The lowest BCUT2D eigenvalue weighted by Crippen LogP contribution is -2.43. The van der Waals surface area contributed by atoms with Crippen molar-refractivity contribution in [2.45, 2.75) is 40.5 Å². The van der Waals surface area contributed by atoms with Crippen LogP contribution in [0, 0.1) is 16.7 Å². The van der Waals surface area contributed by atoms with E-state index < -0.39 is 16.5 Å². The summed E-state index contributed by atoms with van der Waals surface area (Å²) in [4.78, 5) is 12.0. The SMILES string of the molecule is CCC1(CS(=O)O)C(=O)CC(C)C1(C)C. The smallest absolute Gasteiger partial charge is 0.153 e. The number of carbonyl (C=O) groups excluding carboxylic acids is 1. The van der Waals surface area contributed by atoms with E-state index in [0.29, 0.717) is 12.8 Å². The number of hydrogen-bond donors (Lipinski definition) is 1. The van der Waals surface area contributed by atoms with Gasteiger partial charge < -0.3 is 4.55 Å². The standard InChI is InChI=1S/C11H20O3S/c1-5-11(7-15(13)14)9(12)6-8(2)10(11,3)4/h8H,5-7H2,1-4H3,(H,13,14). The highest BCUT2D eigenvalue weighted by atomic mass is 32.2. The second-order valence-corrected chi connectivity index (χ2v) is 6.08. The lowest BCUT2D eigenvalue weighted by Gasteiger charge is -2.40. The molecule has 1 fully saturated rings. The van der Waals surface area contributed by atoms with Crippen LogP contribution in [0.4, 0.5) is 0 Å². The first kappa shape index (κ1) is 12.8. The zero-order valence-electron chi connectivity index (χ0n) is 9.87. The van der Waals surface area contributed by atoms with Crippen molar-refractivity contribution in [3.05, 3.63) is 0 Å². The summed E-state index contributed by atoms with van der Waals surface area (Å²) >= 11 is -1.90. The molecule has 0 spiro atoms. The van der Waals surface area contributed by atoms with E-state index in [2.05, 4.69) is 6.92 Å². The minimum absolute atomic E-state index is 0.0830. The van der Waals surface area contributed by atoms with Crippen LogP contribution >= 0.6 is 0 Å². The Morgan fingerprint density at radius 1 is 1.53 bits per heavy atom. The molecule has 0 aromatic heterocycles. The molecule has 1 saturated carbocycles. The normalized spacial score (nSPS) is 36.9. The fourth-order valence-electron chi connectivity index (χ4n) is 2.79. The topological polar surface area (TPSA) is 54.4 Å². The molecule has 4 heteroatoms. The molecule has 0 saturated heterocycles. The minimum atomic E-state index is -1.90. The molecule has 1 aliphatic carbocycles. The highest BCUT2D eigenvalue weighted by molar-refractivity contribution is 7.79. The van der Waals surface area contributed by atoms with E-state index in [1.165, 1.54) is 0 Å². The third-order valence-corrected chi connectivity index (χ3v) is 5.20. The van der Waals surface area contributed by atoms with Crippen LogP contribution in [-0.4, -0.2) is 20.3 Å². The highest BCUT2D eigenvalue weighted by Crippen LogP contribution is 2.55. The first-order valence-corrected chi connectivity index (χ1v) is 6.66. The third kappa shape index (κ3) is 1.78. The fourth-order valence-corrected chi connectivity index (χ4v) is 3.95. The molecule has 0 aromatic rings. The Bertz CT molecular complexity index is 298. The van der Waals surface area contributed by atoms with E-state index in [1.54, 1.807) is 0 Å². The molecule has 1 N–H and O–H groups in total. The average Bonchev–Trinajstić information content (AvgIpc) is 2.26. The molecule has 1 rings (SSSR count). The maximum Gasteiger partial charge on any atom is 0.153 e. The van der Waals surface area contributed by atoms with Crippen LogP contribution in [0.25, 0.3) is 0 Å². The van der Waals surface area contributed by atoms with Gasteiger partial charge >= 0.3 is 0 Å². The van der Waals surface area contributed by atoms with Crippen molar-refractivity contribution in [2.24, 2.45) is 16.7 Å². The van der Waals surface area contributed by atoms with Crippen LogP contribution in [0.3, 0.4) is 0 Å². The van der Waals surface area contributed by atoms with E-state index in [1.807, 2.05) is 20.8 Å². The van der Waals surface area contributed by atoms with Crippen molar-refractivity contribution in [2.75, 3.05) is 5.75 Å². The largest absolute Gasteiger partial charge is 0.306 e. The Labute approximate surface area is 93.9 Å². The lowest BCUT2D eigenvalue weighted by molar-refractivity contribution is -0.128.